The third-order valence-electron chi connectivity index (χ3n) is 6.61. The molecule has 0 radical (unpaired) electrons. The van der Waals surface area contributed by atoms with Crippen molar-refractivity contribution in [3.05, 3.63) is 35.4 Å². The van der Waals surface area contributed by atoms with Crippen LogP contribution in [0.1, 0.15) is 43.2 Å². The van der Waals surface area contributed by atoms with Gasteiger partial charge in [-0.2, -0.15) is 0 Å². The molecule has 4 rings (SSSR count). The van der Waals surface area contributed by atoms with E-state index in [0.717, 1.165) is 65.0 Å². The molecule has 0 spiro atoms. The minimum Gasteiger partial charge on any atom is -0.396 e. The number of carbonyl (C=O) groups excluding carboxylic acids is 1. The van der Waals surface area contributed by atoms with Crippen LogP contribution in [0.2, 0.25) is 0 Å². The van der Waals surface area contributed by atoms with E-state index in [4.69, 9.17) is 0 Å². The summed E-state index contributed by atoms with van der Waals surface area (Å²) in [5.74, 6) is 0.263. The van der Waals surface area contributed by atoms with Gasteiger partial charge in [0.05, 0.1) is 6.61 Å². The smallest absolute Gasteiger partial charge is 0.222 e. The first-order valence-electron chi connectivity index (χ1n) is 10.1. The maximum Gasteiger partial charge on any atom is 0.222 e. The number of fused-ring (bicyclic) bond motifs is 2. The van der Waals surface area contributed by atoms with Crippen molar-refractivity contribution in [2.45, 2.75) is 51.2 Å². The maximum atomic E-state index is 12.7. The lowest BCUT2D eigenvalue weighted by Crippen LogP contribution is -2.62. The average molecular weight is 357 g/mol. The van der Waals surface area contributed by atoms with E-state index in [1.165, 1.54) is 11.1 Å². The number of hydrogen-bond donors (Lipinski definition) is 2. The highest BCUT2D eigenvalue weighted by atomic mass is 16.3. The highest BCUT2D eigenvalue weighted by Crippen LogP contribution is 2.37. The molecule has 5 heteroatoms. The number of rotatable bonds is 5. The number of piperidine rings is 2. The Hall–Kier alpha value is -1.43. The van der Waals surface area contributed by atoms with Gasteiger partial charge in [-0.15, -0.1) is 0 Å². The Labute approximate surface area is 156 Å². The molecule has 3 heterocycles. The number of nitrogens with zero attached hydrogens (tertiary/aromatic N) is 2. The molecule has 0 saturated carbocycles. The fourth-order valence-corrected chi connectivity index (χ4v) is 5.08. The highest BCUT2D eigenvalue weighted by molar-refractivity contribution is 5.76. The Kier molecular flexibility index (Phi) is 5.30. The van der Waals surface area contributed by atoms with E-state index in [-0.39, 0.29) is 17.9 Å². The molecule has 0 aliphatic carbocycles. The predicted molar refractivity (Wildman–Crippen MR) is 102 cm³/mol. The third kappa shape index (κ3) is 3.53. The van der Waals surface area contributed by atoms with Gasteiger partial charge in [-0.25, -0.2) is 0 Å². The second-order valence-electron chi connectivity index (χ2n) is 8.32. The van der Waals surface area contributed by atoms with Crippen molar-refractivity contribution < 1.29 is 9.90 Å². The first kappa shape index (κ1) is 18.0. The van der Waals surface area contributed by atoms with Gasteiger partial charge < -0.3 is 15.3 Å². The van der Waals surface area contributed by atoms with E-state index < -0.39 is 0 Å². The second-order valence-corrected chi connectivity index (χ2v) is 8.32. The van der Waals surface area contributed by atoms with Gasteiger partial charge in [0.25, 0.3) is 0 Å². The number of nitrogens with one attached hydrogen (secondary N) is 1. The first-order valence-corrected chi connectivity index (χ1v) is 10.1. The van der Waals surface area contributed by atoms with Crippen LogP contribution in [0.4, 0.5) is 0 Å². The van der Waals surface area contributed by atoms with Crippen molar-refractivity contribution in [1.29, 1.82) is 0 Å². The SMILES string of the molecule is O=C(CCCN1Cc2ccccc2C1)N1CC[C@H]2NCCC[C@]2(CO)C1. The zero-order valence-corrected chi connectivity index (χ0v) is 15.6. The largest absolute Gasteiger partial charge is 0.396 e. The van der Waals surface area contributed by atoms with Crippen molar-refractivity contribution in [3.8, 4) is 0 Å². The minimum atomic E-state index is -0.122. The van der Waals surface area contributed by atoms with Crippen molar-refractivity contribution in [2.24, 2.45) is 5.41 Å². The lowest BCUT2D eigenvalue weighted by Gasteiger charge is -2.50. The molecule has 1 aromatic carbocycles. The van der Waals surface area contributed by atoms with Gasteiger partial charge in [0, 0.05) is 44.1 Å². The summed E-state index contributed by atoms with van der Waals surface area (Å²) < 4.78 is 0. The number of likely N-dealkylation sites (tertiary alicyclic amines) is 1. The van der Waals surface area contributed by atoms with Crippen molar-refractivity contribution in [2.75, 3.05) is 32.8 Å². The first-order chi connectivity index (χ1) is 12.7. The number of hydrogen-bond acceptors (Lipinski definition) is 4. The minimum absolute atomic E-state index is 0.122. The van der Waals surface area contributed by atoms with Crippen LogP contribution >= 0.6 is 0 Å². The summed E-state index contributed by atoms with van der Waals surface area (Å²) in [6.45, 7) is 5.76. The summed E-state index contributed by atoms with van der Waals surface area (Å²) in [4.78, 5) is 17.2. The number of aliphatic hydroxyl groups is 1. The molecule has 2 fully saturated rings. The van der Waals surface area contributed by atoms with E-state index in [9.17, 15) is 9.90 Å². The van der Waals surface area contributed by atoms with Crippen LogP contribution in [0.25, 0.3) is 0 Å². The fourth-order valence-electron chi connectivity index (χ4n) is 5.08. The Bertz CT molecular complexity index is 625. The molecule has 2 N–H and O–H groups in total. The zero-order chi connectivity index (χ0) is 18.0. The summed E-state index contributed by atoms with van der Waals surface area (Å²) in [5, 5.41) is 13.6. The lowest BCUT2D eigenvalue weighted by atomic mass is 9.70. The summed E-state index contributed by atoms with van der Waals surface area (Å²) in [7, 11) is 0. The van der Waals surface area contributed by atoms with E-state index in [1.54, 1.807) is 0 Å². The molecule has 0 bridgehead atoms. The van der Waals surface area contributed by atoms with Crippen LogP contribution in [-0.2, 0) is 17.9 Å². The summed E-state index contributed by atoms with van der Waals surface area (Å²) in [5.41, 5.74) is 2.73. The van der Waals surface area contributed by atoms with E-state index >= 15 is 0 Å². The Morgan fingerprint density at radius 3 is 2.77 bits per heavy atom. The quantitative estimate of drug-likeness (QED) is 0.843. The molecule has 0 aromatic heterocycles. The van der Waals surface area contributed by atoms with Crippen LogP contribution in [0.3, 0.4) is 0 Å². The van der Waals surface area contributed by atoms with Gasteiger partial charge in [-0.05, 0) is 49.9 Å². The summed E-state index contributed by atoms with van der Waals surface area (Å²) in [6, 6.07) is 8.99. The number of carbonyl (C=O) groups is 1. The molecule has 2 atom stereocenters. The van der Waals surface area contributed by atoms with Crippen LogP contribution in [0.15, 0.2) is 24.3 Å². The highest BCUT2D eigenvalue weighted by Gasteiger charge is 2.45. The molecule has 1 amide bonds. The topological polar surface area (TPSA) is 55.8 Å². The van der Waals surface area contributed by atoms with Crippen molar-refractivity contribution in [1.82, 2.24) is 15.1 Å². The third-order valence-corrected chi connectivity index (χ3v) is 6.61. The number of aliphatic hydroxyl groups excluding tert-OH is 1. The normalized spacial score (nSPS) is 28.7. The molecule has 3 aliphatic rings. The molecule has 5 nitrogen and oxygen atoms in total. The Morgan fingerprint density at radius 2 is 2.04 bits per heavy atom. The molecule has 26 heavy (non-hydrogen) atoms. The van der Waals surface area contributed by atoms with Crippen molar-refractivity contribution >= 4 is 5.91 Å². The zero-order valence-electron chi connectivity index (χ0n) is 15.6. The van der Waals surface area contributed by atoms with Gasteiger partial charge in [0.15, 0.2) is 0 Å². The lowest BCUT2D eigenvalue weighted by molar-refractivity contribution is -0.137. The van der Waals surface area contributed by atoms with Crippen LogP contribution in [0, 0.1) is 5.41 Å². The molecule has 3 aliphatic heterocycles. The van der Waals surface area contributed by atoms with Gasteiger partial charge in [0.2, 0.25) is 5.91 Å². The molecule has 142 valence electrons. The van der Waals surface area contributed by atoms with Crippen LogP contribution < -0.4 is 5.32 Å². The molecule has 1 aromatic rings. The van der Waals surface area contributed by atoms with Gasteiger partial charge in [-0.3, -0.25) is 9.69 Å². The van der Waals surface area contributed by atoms with Crippen molar-refractivity contribution in [3.63, 3.8) is 0 Å². The Balaban J connectivity index is 1.25. The second kappa shape index (κ2) is 7.67. The van der Waals surface area contributed by atoms with Crippen LogP contribution in [0.5, 0.6) is 0 Å². The summed E-state index contributed by atoms with van der Waals surface area (Å²) in [6.07, 6.45) is 4.61. The molecule has 2 saturated heterocycles. The number of amides is 1. The van der Waals surface area contributed by atoms with Crippen LogP contribution in [-0.4, -0.2) is 59.6 Å². The molecular weight excluding hydrogens is 326 g/mol. The molecule has 0 unspecified atom stereocenters. The van der Waals surface area contributed by atoms with E-state index in [1.807, 2.05) is 4.90 Å². The standard InChI is InChI=1S/C21H31N3O2/c25-16-21-9-4-10-22-19(21)8-12-24(15-21)20(26)7-3-11-23-13-17-5-1-2-6-18(17)14-23/h1-2,5-6,19,22,25H,3-4,7-16H2/t19-,21-/m1/s1. The monoisotopic (exact) mass is 357 g/mol. The maximum absolute atomic E-state index is 12.7. The number of benzene rings is 1. The van der Waals surface area contributed by atoms with E-state index in [2.05, 4.69) is 34.5 Å². The van der Waals surface area contributed by atoms with Gasteiger partial charge in [-0.1, -0.05) is 24.3 Å². The fraction of sp³-hybridized carbons (Fsp3) is 0.667. The average Bonchev–Trinajstić information content (AvgIpc) is 3.10. The Morgan fingerprint density at radius 1 is 1.27 bits per heavy atom. The molecular formula is C21H31N3O2. The van der Waals surface area contributed by atoms with E-state index in [0.29, 0.717) is 12.5 Å². The van der Waals surface area contributed by atoms with Gasteiger partial charge >= 0.3 is 0 Å². The van der Waals surface area contributed by atoms with Gasteiger partial charge in [0.1, 0.15) is 0 Å². The summed E-state index contributed by atoms with van der Waals surface area (Å²) >= 11 is 0. The predicted octanol–water partition coefficient (Wildman–Crippen LogP) is 1.75.